The minimum Gasteiger partial charge on any atom is -0.481 e. The summed E-state index contributed by atoms with van der Waals surface area (Å²) in [6, 6.07) is 12.2. The Hall–Kier alpha value is -3.13. The molecule has 138 valence electrons. The first kappa shape index (κ1) is 17.3. The third-order valence-electron chi connectivity index (χ3n) is 4.18. The van der Waals surface area contributed by atoms with Crippen LogP contribution in [0.5, 0.6) is 5.88 Å². The third-order valence-corrected chi connectivity index (χ3v) is 5.06. The summed E-state index contributed by atoms with van der Waals surface area (Å²) in [6.07, 6.45) is 3.66. The van der Waals surface area contributed by atoms with Crippen molar-refractivity contribution in [3.8, 4) is 17.1 Å². The van der Waals surface area contributed by atoms with E-state index in [-0.39, 0.29) is 0 Å². The van der Waals surface area contributed by atoms with Crippen LogP contribution in [0.15, 0.2) is 48.8 Å². The first-order valence-corrected chi connectivity index (χ1v) is 9.31. The fraction of sp³-hybridized carbons (Fsp3) is 0.211. The van der Waals surface area contributed by atoms with E-state index in [0.717, 1.165) is 27.9 Å². The van der Waals surface area contributed by atoms with Gasteiger partial charge in [0.05, 0.1) is 19.0 Å². The van der Waals surface area contributed by atoms with Crippen LogP contribution in [0.1, 0.15) is 5.56 Å². The molecule has 0 saturated carbocycles. The number of anilines is 2. The van der Waals surface area contributed by atoms with E-state index in [0.29, 0.717) is 5.88 Å². The quantitative estimate of drug-likeness (QED) is 0.552. The molecule has 0 spiro atoms. The first-order valence-electron chi connectivity index (χ1n) is 8.49. The summed E-state index contributed by atoms with van der Waals surface area (Å²) >= 11 is 1.52. The maximum atomic E-state index is 5.09. The minimum atomic E-state index is 0.586. The molecule has 0 aliphatic carbocycles. The second-order valence-corrected chi connectivity index (χ2v) is 7.22. The number of hydrogen-bond acceptors (Lipinski definition) is 7. The van der Waals surface area contributed by atoms with Gasteiger partial charge in [0.2, 0.25) is 16.0 Å². The van der Waals surface area contributed by atoms with E-state index in [2.05, 4.69) is 49.5 Å². The van der Waals surface area contributed by atoms with Crippen LogP contribution in [0.3, 0.4) is 0 Å². The van der Waals surface area contributed by atoms with Gasteiger partial charge < -0.3 is 15.0 Å². The second-order valence-electron chi connectivity index (χ2n) is 6.26. The molecule has 0 atom stereocenters. The molecule has 0 fully saturated rings. The Morgan fingerprint density at radius 3 is 2.59 bits per heavy atom. The van der Waals surface area contributed by atoms with Crippen molar-refractivity contribution < 1.29 is 4.74 Å². The standard InChI is InChI=1S/C19H20N6OS/c1-24(2)15-7-4-13(5-8-15)10-21-18-23-25-12-16(22-19(25)27-18)14-6-9-17(26-3)20-11-14/h4-9,11-12H,10H2,1-3H3,(H,21,23). The Labute approximate surface area is 161 Å². The molecule has 1 N–H and O–H groups in total. The van der Waals surface area contributed by atoms with Gasteiger partial charge in [0.1, 0.15) is 0 Å². The molecule has 0 aliphatic heterocycles. The highest BCUT2D eigenvalue weighted by molar-refractivity contribution is 7.20. The summed E-state index contributed by atoms with van der Waals surface area (Å²) in [4.78, 5) is 11.8. The molecule has 8 heteroatoms. The van der Waals surface area contributed by atoms with Crippen molar-refractivity contribution in [3.05, 3.63) is 54.4 Å². The van der Waals surface area contributed by atoms with Gasteiger partial charge in [-0.05, 0) is 23.8 Å². The Balaban J connectivity index is 1.45. The Morgan fingerprint density at radius 1 is 1.15 bits per heavy atom. The minimum absolute atomic E-state index is 0.586. The maximum Gasteiger partial charge on any atom is 0.214 e. The average Bonchev–Trinajstić information content (AvgIpc) is 3.25. The predicted octanol–water partition coefficient (Wildman–Crippen LogP) is 3.54. The highest BCUT2D eigenvalue weighted by atomic mass is 32.1. The number of rotatable bonds is 6. The second kappa shape index (κ2) is 7.24. The monoisotopic (exact) mass is 380 g/mol. The summed E-state index contributed by atoms with van der Waals surface area (Å²) in [5, 5.41) is 8.77. The lowest BCUT2D eigenvalue weighted by atomic mass is 10.2. The molecule has 3 heterocycles. The highest BCUT2D eigenvalue weighted by Crippen LogP contribution is 2.25. The summed E-state index contributed by atoms with van der Waals surface area (Å²) in [7, 11) is 5.67. The van der Waals surface area contributed by atoms with Gasteiger partial charge in [-0.1, -0.05) is 23.5 Å². The zero-order chi connectivity index (χ0) is 18.8. The van der Waals surface area contributed by atoms with Gasteiger partial charge in [-0.3, -0.25) is 0 Å². The summed E-state index contributed by atoms with van der Waals surface area (Å²) in [6.45, 7) is 0.722. The van der Waals surface area contributed by atoms with E-state index in [1.807, 2.05) is 32.4 Å². The van der Waals surface area contributed by atoms with Gasteiger partial charge in [0.15, 0.2) is 0 Å². The Kier molecular flexibility index (Phi) is 4.64. The molecule has 0 unspecified atom stereocenters. The van der Waals surface area contributed by atoms with Crippen LogP contribution in [-0.4, -0.2) is 40.8 Å². The number of nitrogens with zero attached hydrogens (tertiary/aromatic N) is 5. The molecular weight excluding hydrogens is 360 g/mol. The van der Waals surface area contributed by atoms with E-state index in [1.54, 1.807) is 17.8 Å². The molecule has 7 nitrogen and oxygen atoms in total. The average molecular weight is 380 g/mol. The first-order chi connectivity index (χ1) is 13.1. The summed E-state index contributed by atoms with van der Waals surface area (Å²) < 4.78 is 6.88. The number of aromatic nitrogens is 4. The van der Waals surface area contributed by atoms with Crippen LogP contribution in [0.2, 0.25) is 0 Å². The zero-order valence-corrected chi connectivity index (χ0v) is 16.2. The molecule has 0 saturated heterocycles. The highest BCUT2D eigenvalue weighted by Gasteiger charge is 2.10. The van der Waals surface area contributed by atoms with Crippen LogP contribution >= 0.6 is 11.3 Å². The topological polar surface area (TPSA) is 67.6 Å². The molecule has 0 aliphatic rings. The lowest BCUT2D eigenvalue weighted by Crippen LogP contribution is -2.08. The predicted molar refractivity (Wildman–Crippen MR) is 109 cm³/mol. The van der Waals surface area contributed by atoms with Crippen LogP contribution in [0, 0.1) is 0 Å². The lowest BCUT2D eigenvalue weighted by Gasteiger charge is -2.12. The van der Waals surface area contributed by atoms with Crippen LogP contribution in [0.25, 0.3) is 16.2 Å². The molecule has 4 rings (SSSR count). The van der Waals surface area contributed by atoms with E-state index in [1.165, 1.54) is 22.6 Å². The van der Waals surface area contributed by atoms with Crippen molar-refractivity contribution >= 4 is 27.1 Å². The van der Waals surface area contributed by atoms with Gasteiger partial charge in [-0.25, -0.2) is 14.5 Å². The van der Waals surface area contributed by atoms with Crippen molar-refractivity contribution in [1.82, 2.24) is 19.6 Å². The van der Waals surface area contributed by atoms with Crippen molar-refractivity contribution in [1.29, 1.82) is 0 Å². The van der Waals surface area contributed by atoms with E-state index >= 15 is 0 Å². The van der Waals surface area contributed by atoms with Crippen molar-refractivity contribution in [3.63, 3.8) is 0 Å². The maximum absolute atomic E-state index is 5.09. The number of imidazole rings is 1. The fourth-order valence-electron chi connectivity index (χ4n) is 2.65. The molecule has 3 aromatic heterocycles. The normalized spacial score (nSPS) is 10.9. The van der Waals surface area contributed by atoms with Gasteiger partial charge in [0.25, 0.3) is 0 Å². The van der Waals surface area contributed by atoms with E-state index in [4.69, 9.17) is 4.74 Å². The largest absolute Gasteiger partial charge is 0.481 e. The van der Waals surface area contributed by atoms with Crippen molar-refractivity contribution in [2.45, 2.75) is 6.54 Å². The van der Waals surface area contributed by atoms with Crippen molar-refractivity contribution in [2.75, 3.05) is 31.4 Å². The molecule has 4 aromatic rings. The molecule has 0 amide bonds. The van der Waals surface area contributed by atoms with Gasteiger partial charge in [-0.15, -0.1) is 5.10 Å². The summed E-state index contributed by atoms with van der Waals surface area (Å²) in [5.41, 5.74) is 4.17. The number of fused-ring (bicyclic) bond motifs is 1. The van der Waals surface area contributed by atoms with Gasteiger partial charge in [0, 0.05) is 44.2 Å². The number of nitrogens with one attached hydrogen (secondary N) is 1. The fourth-order valence-corrected chi connectivity index (χ4v) is 3.43. The van der Waals surface area contributed by atoms with Crippen LogP contribution in [-0.2, 0) is 6.54 Å². The number of pyridine rings is 1. The molecule has 27 heavy (non-hydrogen) atoms. The SMILES string of the molecule is COc1ccc(-c2cn3nc(NCc4ccc(N(C)C)cc4)sc3n2)cn1. The van der Waals surface area contributed by atoms with Crippen molar-refractivity contribution in [2.24, 2.45) is 0 Å². The molecule has 0 radical (unpaired) electrons. The van der Waals surface area contributed by atoms with Crippen LogP contribution in [0.4, 0.5) is 10.8 Å². The van der Waals surface area contributed by atoms with Gasteiger partial charge in [-0.2, -0.15) is 0 Å². The molecule has 1 aromatic carbocycles. The summed E-state index contributed by atoms with van der Waals surface area (Å²) in [5.74, 6) is 0.586. The van der Waals surface area contributed by atoms with E-state index < -0.39 is 0 Å². The number of hydrogen-bond donors (Lipinski definition) is 1. The van der Waals surface area contributed by atoms with Gasteiger partial charge >= 0.3 is 0 Å². The number of methoxy groups -OCH3 is 1. The molecule has 0 bridgehead atoms. The Morgan fingerprint density at radius 2 is 1.96 bits per heavy atom. The van der Waals surface area contributed by atoms with E-state index in [9.17, 15) is 0 Å². The lowest BCUT2D eigenvalue weighted by molar-refractivity contribution is 0.398. The number of benzene rings is 1. The third kappa shape index (κ3) is 3.70. The zero-order valence-electron chi connectivity index (χ0n) is 15.4. The smallest absolute Gasteiger partial charge is 0.214 e. The van der Waals surface area contributed by atoms with Crippen LogP contribution < -0.4 is 15.0 Å². The Bertz CT molecular complexity index is 1000. The molecular formula is C19H20N6OS. The number of ether oxygens (including phenoxy) is 1.